The molecule has 10 nitrogen and oxygen atoms in total. The summed E-state index contributed by atoms with van der Waals surface area (Å²) in [5.41, 5.74) is 2.76. The van der Waals surface area contributed by atoms with Gasteiger partial charge >= 0.3 is 5.97 Å². The molecule has 0 aliphatic carbocycles. The lowest BCUT2D eigenvalue weighted by atomic mass is 9.83. The quantitative estimate of drug-likeness (QED) is 0.382. The van der Waals surface area contributed by atoms with Gasteiger partial charge < -0.3 is 14.7 Å². The van der Waals surface area contributed by atoms with Crippen molar-refractivity contribution >= 4 is 28.6 Å². The van der Waals surface area contributed by atoms with Gasteiger partial charge in [-0.15, -0.1) is 0 Å². The molecule has 3 heterocycles. The molecule has 4 rings (SSSR count). The summed E-state index contributed by atoms with van der Waals surface area (Å²) in [5, 5.41) is 15.2. The van der Waals surface area contributed by atoms with Gasteiger partial charge in [0.1, 0.15) is 24.1 Å². The zero-order valence-corrected chi connectivity index (χ0v) is 22.1. The number of ether oxygens (including phenoxy) is 1. The van der Waals surface area contributed by atoms with Gasteiger partial charge in [-0.25, -0.2) is 14.8 Å². The third-order valence-electron chi connectivity index (χ3n) is 7.40. The smallest absolute Gasteiger partial charge is 0.328 e. The van der Waals surface area contributed by atoms with Crippen molar-refractivity contribution < 1.29 is 24.2 Å². The molecule has 37 heavy (non-hydrogen) atoms. The molecule has 0 spiro atoms. The Labute approximate surface area is 215 Å². The van der Waals surface area contributed by atoms with E-state index in [9.17, 15) is 19.5 Å². The molecule has 3 atom stereocenters. The third-order valence-corrected chi connectivity index (χ3v) is 7.40. The number of aromatic nitrogens is 4. The molecule has 0 radical (unpaired) electrons. The summed E-state index contributed by atoms with van der Waals surface area (Å²) in [6.45, 7) is 10.4. The molecule has 0 unspecified atom stereocenters. The fraction of sp³-hybridized carbons (Fsp3) is 0.481. The van der Waals surface area contributed by atoms with Gasteiger partial charge in [0.05, 0.1) is 18.7 Å². The van der Waals surface area contributed by atoms with Crippen LogP contribution >= 0.6 is 0 Å². The van der Waals surface area contributed by atoms with E-state index in [1.165, 1.54) is 16.5 Å². The maximum absolute atomic E-state index is 13.7. The van der Waals surface area contributed by atoms with Gasteiger partial charge in [0, 0.05) is 41.7 Å². The third kappa shape index (κ3) is 4.73. The summed E-state index contributed by atoms with van der Waals surface area (Å²) in [6.07, 6.45) is 3.76. The van der Waals surface area contributed by atoms with E-state index in [0.29, 0.717) is 23.1 Å². The van der Waals surface area contributed by atoms with Crippen LogP contribution in [0.2, 0.25) is 0 Å². The normalized spacial score (nSPS) is 21.4. The maximum atomic E-state index is 13.7. The van der Waals surface area contributed by atoms with Gasteiger partial charge in [-0.05, 0) is 57.4 Å². The Morgan fingerprint density at radius 2 is 1.84 bits per heavy atom. The van der Waals surface area contributed by atoms with Crippen molar-refractivity contribution in [1.82, 2.24) is 24.6 Å². The Morgan fingerprint density at radius 3 is 2.43 bits per heavy atom. The largest absolute Gasteiger partial charge is 0.464 e. The van der Waals surface area contributed by atoms with Crippen LogP contribution in [0.3, 0.4) is 0 Å². The van der Waals surface area contributed by atoms with E-state index in [0.717, 1.165) is 16.7 Å². The van der Waals surface area contributed by atoms with Gasteiger partial charge in [-0.3, -0.25) is 14.3 Å². The Kier molecular flexibility index (Phi) is 7.14. The van der Waals surface area contributed by atoms with Crippen LogP contribution in [0.15, 0.2) is 24.5 Å². The lowest BCUT2D eigenvalue weighted by Gasteiger charge is -2.32. The fourth-order valence-corrected chi connectivity index (χ4v) is 5.16. The number of likely N-dealkylation sites (tertiary alicyclic amines) is 1. The second kappa shape index (κ2) is 10.0. The summed E-state index contributed by atoms with van der Waals surface area (Å²) < 4.78 is 6.77. The SMILES string of the molecule is CCOC(=O)[C@@H]1C[C@](C)(CO)[C@@H](C)N1C(=O)Cn1nc(C(C)=O)c2cc(-c3cnc(C)nc3)cc(C)c21. The molecule has 1 N–H and O–H groups in total. The average Bonchev–Trinajstić information content (AvgIpc) is 3.35. The Bertz CT molecular complexity index is 1370. The second-order valence-corrected chi connectivity index (χ2v) is 10.0. The first kappa shape index (κ1) is 26.4. The standard InChI is InChI=1S/C27H33N5O5/c1-7-37-26(36)22-10-27(6,14-33)17(4)32(22)23(35)13-31-25-15(2)8-19(20-11-28-18(5)29-12-20)9-21(25)24(30-31)16(3)34/h8-9,11-12,17,22,33H,7,10,13-14H2,1-6H3/t17-,22+,27-/m1/s1. The molecule has 1 amide bonds. The number of aryl methyl sites for hydroxylation is 2. The lowest BCUT2D eigenvalue weighted by molar-refractivity contribution is -0.154. The molecule has 1 saturated heterocycles. The first-order valence-electron chi connectivity index (χ1n) is 12.4. The van der Waals surface area contributed by atoms with Crippen LogP contribution < -0.4 is 0 Å². The van der Waals surface area contributed by atoms with E-state index in [1.54, 1.807) is 19.3 Å². The van der Waals surface area contributed by atoms with Crippen LogP contribution in [0.1, 0.15) is 56.0 Å². The molecule has 2 aromatic heterocycles. The number of nitrogens with zero attached hydrogens (tertiary/aromatic N) is 5. The van der Waals surface area contributed by atoms with Gasteiger partial charge in [-0.1, -0.05) is 6.92 Å². The number of carbonyl (C=O) groups is 3. The van der Waals surface area contributed by atoms with Crippen molar-refractivity contribution in [2.75, 3.05) is 13.2 Å². The Hall–Kier alpha value is -3.66. The van der Waals surface area contributed by atoms with Crippen LogP contribution in [-0.4, -0.2) is 72.7 Å². The fourth-order valence-electron chi connectivity index (χ4n) is 5.16. The predicted octanol–water partition coefficient (Wildman–Crippen LogP) is 2.86. The molecule has 3 aromatic rings. The summed E-state index contributed by atoms with van der Waals surface area (Å²) >= 11 is 0. The predicted molar refractivity (Wildman–Crippen MR) is 137 cm³/mol. The molecule has 0 saturated carbocycles. The van der Waals surface area contributed by atoms with Crippen molar-refractivity contribution in [2.24, 2.45) is 5.41 Å². The minimum atomic E-state index is -0.803. The summed E-state index contributed by atoms with van der Waals surface area (Å²) in [5.74, 6) is -0.389. The molecule has 1 aromatic carbocycles. The highest BCUT2D eigenvalue weighted by molar-refractivity contribution is 6.07. The molecular formula is C27H33N5O5. The Morgan fingerprint density at radius 1 is 1.16 bits per heavy atom. The first-order chi connectivity index (χ1) is 17.5. The molecular weight excluding hydrogens is 474 g/mol. The summed E-state index contributed by atoms with van der Waals surface area (Å²) in [4.78, 5) is 49.0. The number of hydrogen-bond donors (Lipinski definition) is 1. The van der Waals surface area contributed by atoms with E-state index < -0.39 is 23.5 Å². The number of hydrogen-bond acceptors (Lipinski definition) is 8. The number of rotatable bonds is 7. The summed E-state index contributed by atoms with van der Waals surface area (Å²) in [7, 11) is 0. The average molecular weight is 508 g/mol. The van der Waals surface area contributed by atoms with E-state index >= 15 is 0 Å². The molecule has 196 valence electrons. The van der Waals surface area contributed by atoms with Crippen LogP contribution in [0.5, 0.6) is 0 Å². The number of carbonyl (C=O) groups excluding carboxylic acids is 3. The minimum absolute atomic E-state index is 0.167. The zero-order chi connectivity index (χ0) is 27.1. The van der Waals surface area contributed by atoms with Crippen LogP contribution in [0.4, 0.5) is 0 Å². The van der Waals surface area contributed by atoms with Gasteiger partial charge in [0.2, 0.25) is 5.91 Å². The monoisotopic (exact) mass is 507 g/mol. The number of benzene rings is 1. The number of esters is 1. The zero-order valence-electron chi connectivity index (χ0n) is 22.1. The van der Waals surface area contributed by atoms with Gasteiger partial charge in [0.15, 0.2) is 5.78 Å². The lowest BCUT2D eigenvalue weighted by Crippen LogP contribution is -2.47. The van der Waals surface area contributed by atoms with E-state index in [2.05, 4.69) is 15.1 Å². The van der Waals surface area contributed by atoms with Gasteiger partial charge in [0.25, 0.3) is 0 Å². The molecule has 1 aliphatic rings. The molecule has 0 bridgehead atoms. The van der Waals surface area contributed by atoms with E-state index in [-0.39, 0.29) is 37.1 Å². The Balaban J connectivity index is 1.75. The number of Topliss-reactive ketones (excluding diaryl/α,β-unsaturated/α-hetero) is 1. The van der Waals surface area contributed by atoms with E-state index in [1.807, 2.05) is 39.8 Å². The molecule has 1 aliphatic heterocycles. The van der Waals surface area contributed by atoms with Crippen LogP contribution in [0.25, 0.3) is 22.0 Å². The van der Waals surface area contributed by atoms with Crippen molar-refractivity contribution in [1.29, 1.82) is 0 Å². The van der Waals surface area contributed by atoms with Crippen LogP contribution in [-0.2, 0) is 20.9 Å². The van der Waals surface area contributed by atoms with Crippen molar-refractivity contribution in [3.8, 4) is 11.1 Å². The molecule has 1 fully saturated rings. The topological polar surface area (TPSA) is 128 Å². The highest BCUT2D eigenvalue weighted by Crippen LogP contribution is 2.41. The number of ketones is 1. The number of aliphatic hydroxyl groups excluding tert-OH is 1. The van der Waals surface area contributed by atoms with Crippen molar-refractivity contribution in [2.45, 2.75) is 66.6 Å². The molecule has 10 heteroatoms. The second-order valence-electron chi connectivity index (χ2n) is 10.0. The minimum Gasteiger partial charge on any atom is -0.464 e. The number of amides is 1. The van der Waals surface area contributed by atoms with Crippen molar-refractivity contribution in [3.63, 3.8) is 0 Å². The highest BCUT2D eigenvalue weighted by atomic mass is 16.5. The first-order valence-corrected chi connectivity index (χ1v) is 12.4. The number of aliphatic hydroxyl groups is 1. The van der Waals surface area contributed by atoms with Gasteiger partial charge in [-0.2, -0.15) is 5.10 Å². The maximum Gasteiger partial charge on any atom is 0.328 e. The van der Waals surface area contributed by atoms with E-state index in [4.69, 9.17) is 4.74 Å². The van der Waals surface area contributed by atoms with Crippen molar-refractivity contribution in [3.05, 3.63) is 41.6 Å². The number of fused-ring (bicyclic) bond motifs is 1. The summed E-state index contributed by atoms with van der Waals surface area (Å²) in [6, 6.07) is 2.61. The highest BCUT2D eigenvalue weighted by Gasteiger charge is 2.51. The van der Waals surface area contributed by atoms with Crippen LogP contribution in [0, 0.1) is 19.3 Å².